The van der Waals surface area contributed by atoms with Crippen LogP contribution in [0.25, 0.3) is 0 Å². The maximum atomic E-state index is 12.5. The molecule has 0 aromatic carbocycles. The Morgan fingerprint density at radius 3 is 2.79 bits per heavy atom. The number of alkyl halides is 4. The molecule has 0 radical (unpaired) electrons. The highest BCUT2D eigenvalue weighted by Gasteiger charge is 2.43. The first-order valence-corrected chi connectivity index (χ1v) is 7.24. The molecule has 1 N–H and O–H groups in total. The van der Waals surface area contributed by atoms with Crippen molar-refractivity contribution in [2.24, 2.45) is 0 Å². The second kappa shape index (κ2) is 4.92. The first-order chi connectivity index (χ1) is 8.69. The zero-order valence-electron chi connectivity index (χ0n) is 9.76. The number of hydrogen-bond donors (Lipinski definition) is 1. The van der Waals surface area contributed by atoms with Crippen molar-refractivity contribution in [3.63, 3.8) is 0 Å². The molecule has 0 amide bonds. The summed E-state index contributed by atoms with van der Waals surface area (Å²) in [5.41, 5.74) is -0.374. The summed E-state index contributed by atoms with van der Waals surface area (Å²) in [6, 6.07) is 1.23. The van der Waals surface area contributed by atoms with E-state index < -0.39 is 23.4 Å². The molecule has 1 aliphatic rings. The molecule has 3 nitrogen and oxygen atoms in total. The van der Waals surface area contributed by atoms with Crippen LogP contribution in [-0.2, 0) is 5.41 Å². The van der Waals surface area contributed by atoms with Gasteiger partial charge in [-0.1, -0.05) is 41.1 Å². The smallest absolute Gasteiger partial charge is 0.420 e. The van der Waals surface area contributed by atoms with Crippen molar-refractivity contribution in [2.45, 2.75) is 24.6 Å². The van der Waals surface area contributed by atoms with Crippen LogP contribution in [0.4, 0.5) is 13.2 Å². The van der Waals surface area contributed by atoms with Gasteiger partial charge in [-0.3, -0.25) is 0 Å². The van der Waals surface area contributed by atoms with Crippen LogP contribution in [0.5, 0.6) is 5.75 Å². The number of aliphatic hydroxyl groups excluding tert-OH is 1. The van der Waals surface area contributed by atoms with Gasteiger partial charge in [0.15, 0.2) is 17.0 Å². The Balaban J connectivity index is 2.52. The number of hydrogen-bond acceptors (Lipinski definition) is 3. The second-order valence-corrected chi connectivity index (χ2v) is 5.76. The fourth-order valence-corrected chi connectivity index (χ4v) is 2.72. The lowest BCUT2D eigenvalue weighted by atomic mass is 9.87. The van der Waals surface area contributed by atoms with E-state index in [1.54, 1.807) is 0 Å². The van der Waals surface area contributed by atoms with Crippen LogP contribution >= 0.6 is 34.2 Å². The number of fused-ring (bicyclic) bond motifs is 1. The zero-order valence-corrected chi connectivity index (χ0v) is 12.7. The van der Waals surface area contributed by atoms with E-state index >= 15 is 0 Å². The minimum absolute atomic E-state index is 0.149. The van der Waals surface area contributed by atoms with Gasteiger partial charge in [-0.25, -0.2) is 4.98 Å². The quantitative estimate of drug-likeness (QED) is 0.464. The van der Waals surface area contributed by atoms with Crippen LogP contribution in [0, 0.1) is 0 Å². The fraction of sp³-hybridized carbons (Fsp3) is 0.545. The first-order valence-electron chi connectivity index (χ1n) is 5.33. The van der Waals surface area contributed by atoms with Crippen molar-refractivity contribution in [3.8, 4) is 5.75 Å². The molecule has 0 fully saturated rings. The Labute approximate surface area is 126 Å². The molecule has 0 spiro atoms. The van der Waals surface area contributed by atoms with Crippen LogP contribution in [0.1, 0.15) is 24.3 Å². The van der Waals surface area contributed by atoms with Crippen LogP contribution < -0.4 is 4.74 Å². The third-order valence-electron chi connectivity index (χ3n) is 3.02. The highest BCUT2D eigenvalue weighted by molar-refractivity contribution is 14.1. The molecule has 2 unspecified atom stereocenters. The molecule has 2 atom stereocenters. The van der Waals surface area contributed by atoms with Gasteiger partial charge >= 0.3 is 6.18 Å². The van der Waals surface area contributed by atoms with E-state index in [9.17, 15) is 18.3 Å². The van der Waals surface area contributed by atoms with E-state index in [1.165, 1.54) is 6.07 Å². The van der Waals surface area contributed by atoms with Gasteiger partial charge in [0.1, 0.15) is 0 Å². The number of halogens is 5. The Hall–Kier alpha value is -0.280. The molecule has 0 saturated heterocycles. The van der Waals surface area contributed by atoms with Gasteiger partial charge in [0.2, 0.25) is 0 Å². The minimum Gasteiger partial charge on any atom is -0.489 e. The summed E-state index contributed by atoms with van der Waals surface area (Å²) in [7, 11) is 0. The number of ether oxygens (including phenoxy) is 1. The maximum absolute atomic E-state index is 12.5. The summed E-state index contributed by atoms with van der Waals surface area (Å²) in [6.07, 6.45) is -7.42. The highest BCUT2D eigenvalue weighted by atomic mass is 127. The molecule has 1 aromatic rings. The minimum atomic E-state index is -4.77. The largest absolute Gasteiger partial charge is 0.489 e. The van der Waals surface area contributed by atoms with Crippen molar-refractivity contribution >= 4 is 34.2 Å². The van der Waals surface area contributed by atoms with E-state index in [4.69, 9.17) is 16.3 Å². The van der Waals surface area contributed by atoms with Crippen molar-refractivity contribution in [3.05, 3.63) is 22.5 Å². The number of aromatic nitrogens is 1. The molecule has 1 aliphatic heterocycles. The van der Waals surface area contributed by atoms with Crippen molar-refractivity contribution < 1.29 is 23.0 Å². The number of pyridine rings is 1. The summed E-state index contributed by atoms with van der Waals surface area (Å²) in [6.45, 7) is 2.20. The third kappa shape index (κ3) is 2.64. The average Bonchev–Trinajstić information content (AvgIpc) is 2.66. The normalized spacial score (nSPS) is 23.9. The molecule has 0 bridgehead atoms. The molecule has 1 aromatic heterocycles. The summed E-state index contributed by atoms with van der Waals surface area (Å²) in [5, 5.41) is 9.12. The lowest BCUT2D eigenvalue weighted by Crippen LogP contribution is -2.26. The number of aliphatic hydroxyl groups is 1. The molecular weight excluding hydrogens is 397 g/mol. The second-order valence-electron chi connectivity index (χ2n) is 4.64. The van der Waals surface area contributed by atoms with E-state index in [1.807, 2.05) is 6.92 Å². The monoisotopic (exact) mass is 407 g/mol. The summed E-state index contributed by atoms with van der Waals surface area (Å²) >= 11 is 7.97. The van der Waals surface area contributed by atoms with Crippen LogP contribution in [0.3, 0.4) is 0 Å². The van der Waals surface area contributed by atoms with Crippen LogP contribution in [0.2, 0.25) is 5.15 Å². The molecule has 2 heterocycles. The zero-order chi connectivity index (χ0) is 14.4. The summed E-state index contributed by atoms with van der Waals surface area (Å²) in [4.78, 5) is 3.58. The van der Waals surface area contributed by atoms with E-state index in [0.29, 0.717) is 22.3 Å². The Kier molecular flexibility index (Phi) is 3.92. The van der Waals surface area contributed by atoms with Gasteiger partial charge in [-0.2, -0.15) is 13.2 Å². The van der Waals surface area contributed by atoms with E-state index in [-0.39, 0.29) is 5.15 Å². The van der Waals surface area contributed by atoms with Gasteiger partial charge < -0.3 is 9.84 Å². The Morgan fingerprint density at radius 1 is 1.63 bits per heavy atom. The van der Waals surface area contributed by atoms with Crippen LogP contribution in [-0.4, -0.2) is 27.3 Å². The highest BCUT2D eigenvalue weighted by Crippen LogP contribution is 2.45. The first kappa shape index (κ1) is 15.1. The van der Waals surface area contributed by atoms with Crippen molar-refractivity contribution in [2.75, 3.05) is 11.0 Å². The fourth-order valence-electron chi connectivity index (χ4n) is 1.83. The van der Waals surface area contributed by atoms with Crippen LogP contribution in [0.15, 0.2) is 6.07 Å². The molecule has 106 valence electrons. The molecule has 19 heavy (non-hydrogen) atoms. The van der Waals surface area contributed by atoms with Gasteiger partial charge in [0.25, 0.3) is 0 Å². The van der Waals surface area contributed by atoms with Crippen molar-refractivity contribution in [1.82, 2.24) is 4.98 Å². The lowest BCUT2D eigenvalue weighted by Gasteiger charge is -2.21. The maximum Gasteiger partial charge on any atom is 0.420 e. The van der Waals surface area contributed by atoms with E-state index in [0.717, 1.165) is 0 Å². The van der Waals surface area contributed by atoms with Crippen molar-refractivity contribution in [1.29, 1.82) is 0 Å². The SMILES string of the molecule is CC1(CI)COc2c1cc(C(O)C(F)(F)F)nc2Cl. The predicted octanol–water partition coefficient (Wildman–Crippen LogP) is 3.42. The predicted molar refractivity (Wildman–Crippen MR) is 72.0 cm³/mol. The Bertz CT molecular complexity index is 511. The van der Waals surface area contributed by atoms with Gasteiger partial charge in [-0.15, -0.1) is 0 Å². The molecular formula is C11H10ClF3INO2. The number of rotatable bonds is 2. The Morgan fingerprint density at radius 2 is 2.26 bits per heavy atom. The lowest BCUT2D eigenvalue weighted by molar-refractivity contribution is -0.208. The molecule has 0 saturated carbocycles. The third-order valence-corrected chi connectivity index (χ3v) is 4.96. The standard InChI is InChI=1S/C11H10ClF3INO2/c1-10(3-16)4-19-7-5(10)2-6(17-9(7)12)8(18)11(13,14)15/h2,8,18H,3-4H2,1H3. The average molecular weight is 408 g/mol. The molecule has 2 rings (SSSR count). The topological polar surface area (TPSA) is 42.4 Å². The van der Waals surface area contributed by atoms with E-state index in [2.05, 4.69) is 27.6 Å². The molecule has 8 heteroatoms. The summed E-state index contributed by atoms with van der Waals surface area (Å²) in [5.74, 6) is 0.305. The van der Waals surface area contributed by atoms with Gasteiger partial charge in [0.05, 0.1) is 12.3 Å². The molecule has 0 aliphatic carbocycles. The summed E-state index contributed by atoms with van der Waals surface area (Å²) < 4.78 is 43.6. The van der Waals surface area contributed by atoms with Gasteiger partial charge in [-0.05, 0) is 6.07 Å². The number of nitrogens with zero attached hydrogens (tertiary/aromatic N) is 1. The van der Waals surface area contributed by atoms with Gasteiger partial charge in [0, 0.05) is 15.4 Å².